The van der Waals surface area contributed by atoms with Gasteiger partial charge in [-0.1, -0.05) is 18.5 Å². The second kappa shape index (κ2) is 6.62. The lowest BCUT2D eigenvalue weighted by Crippen LogP contribution is -2.50. The Morgan fingerprint density at radius 1 is 1.57 bits per heavy atom. The molecule has 0 bridgehead atoms. The highest BCUT2D eigenvalue weighted by molar-refractivity contribution is 6.31. The molecule has 2 rings (SSSR count). The number of aryl methyl sites for hydroxylation is 2. The van der Waals surface area contributed by atoms with Crippen LogP contribution in [0.4, 0.5) is 0 Å². The second-order valence-electron chi connectivity index (χ2n) is 5.70. The van der Waals surface area contributed by atoms with Crippen LogP contribution in [0, 0.1) is 12.8 Å². The van der Waals surface area contributed by atoms with Crippen molar-refractivity contribution in [1.29, 1.82) is 0 Å². The van der Waals surface area contributed by atoms with Crippen LogP contribution < -0.4 is 5.73 Å². The summed E-state index contributed by atoms with van der Waals surface area (Å²) in [6.07, 6.45) is 5.49. The van der Waals surface area contributed by atoms with Crippen molar-refractivity contribution < 1.29 is 4.79 Å². The molecule has 2 heterocycles. The Hall–Kier alpha value is -1.33. The first-order chi connectivity index (χ1) is 9.95. The molecule has 21 heavy (non-hydrogen) atoms. The lowest BCUT2D eigenvalue weighted by Gasteiger charge is -2.38. The molecule has 1 aromatic rings. The van der Waals surface area contributed by atoms with Gasteiger partial charge in [0.05, 0.1) is 5.69 Å². The molecule has 1 fully saturated rings. The monoisotopic (exact) mass is 310 g/mol. The molecular formula is C15H23ClN4O. The Balaban J connectivity index is 2.15. The van der Waals surface area contributed by atoms with Crippen molar-refractivity contribution >= 4 is 23.6 Å². The maximum atomic E-state index is 12.4. The minimum absolute atomic E-state index is 0.00341. The van der Waals surface area contributed by atoms with Gasteiger partial charge in [0.2, 0.25) is 5.91 Å². The molecule has 1 aromatic heterocycles. The van der Waals surface area contributed by atoms with Crippen LogP contribution in [-0.2, 0) is 11.8 Å². The van der Waals surface area contributed by atoms with E-state index in [1.54, 1.807) is 23.9 Å². The van der Waals surface area contributed by atoms with Crippen molar-refractivity contribution in [2.75, 3.05) is 13.1 Å². The summed E-state index contributed by atoms with van der Waals surface area (Å²) < 4.78 is 1.60. The number of amides is 1. The number of piperidine rings is 1. The highest BCUT2D eigenvalue weighted by Gasteiger charge is 2.29. The third kappa shape index (κ3) is 3.30. The third-order valence-corrected chi connectivity index (χ3v) is 4.68. The van der Waals surface area contributed by atoms with Gasteiger partial charge in [-0.25, -0.2) is 0 Å². The van der Waals surface area contributed by atoms with E-state index < -0.39 is 0 Å². The number of nitrogens with zero attached hydrogens (tertiary/aromatic N) is 3. The Morgan fingerprint density at radius 2 is 2.29 bits per heavy atom. The van der Waals surface area contributed by atoms with E-state index in [0.29, 0.717) is 17.6 Å². The van der Waals surface area contributed by atoms with Crippen molar-refractivity contribution in [2.24, 2.45) is 18.7 Å². The first kappa shape index (κ1) is 16.0. The Kier molecular flexibility index (Phi) is 5.06. The Bertz CT molecular complexity index is 552. The zero-order valence-corrected chi connectivity index (χ0v) is 13.6. The van der Waals surface area contributed by atoms with Crippen molar-refractivity contribution in [3.8, 4) is 0 Å². The normalized spacial score (nSPS) is 23.0. The molecule has 0 saturated carbocycles. The first-order valence-corrected chi connectivity index (χ1v) is 7.71. The number of aromatic nitrogens is 2. The molecule has 1 saturated heterocycles. The van der Waals surface area contributed by atoms with Gasteiger partial charge in [0.15, 0.2) is 0 Å². The molecule has 1 aliphatic rings. The van der Waals surface area contributed by atoms with Gasteiger partial charge in [-0.3, -0.25) is 9.48 Å². The summed E-state index contributed by atoms with van der Waals surface area (Å²) in [5.41, 5.74) is 7.44. The highest BCUT2D eigenvalue weighted by atomic mass is 35.5. The van der Waals surface area contributed by atoms with Crippen LogP contribution >= 0.6 is 11.6 Å². The van der Waals surface area contributed by atoms with Crippen LogP contribution in [0.15, 0.2) is 6.08 Å². The van der Waals surface area contributed by atoms with E-state index in [0.717, 1.165) is 30.6 Å². The number of carbonyl (C=O) groups excluding carboxylic acids is 1. The van der Waals surface area contributed by atoms with Crippen LogP contribution in [-0.4, -0.2) is 39.7 Å². The number of likely N-dealkylation sites (tertiary alicyclic amines) is 1. The van der Waals surface area contributed by atoms with Gasteiger partial charge in [-0.15, -0.1) is 0 Å². The average Bonchev–Trinajstić information content (AvgIpc) is 2.69. The molecule has 2 atom stereocenters. The number of hydrogen-bond donors (Lipinski definition) is 1. The fourth-order valence-corrected chi connectivity index (χ4v) is 3.21. The van der Waals surface area contributed by atoms with E-state index in [2.05, 4.69) is 12.0 Å². The number of nitrogens with two attached hydrogens (primary N) is 1. The number of rotatable bonds is 3. The summed E-state index contributed by atoms with van der Waals surface area (Å²) in [6.45, 7) is 5.31. The van der Waals surface area contributed by atoms with E-state index in [-0.39, 0.29) is 11.9 Å². The molecule has 6 heteroatoms. The topological polar surface area (TPSA) is 64.2 Å². The molecule has 0 aliphatic carbocycles. The predicted octanol–water partition coefficient (Wildman–Crippen LogP) is 1.98. The lowest BCUT2D eigenvalue weighted by atomic mass is 9.90. The molecule has 0 aromatic carbocycles. The molecule has 2 N–H and O–H groups in total. The maximum absolute atomic E-state index is 12.4. The van der Waals surface area contributed by atoms with Gasteiger partial charge in [0, 0.05) is 37.8 Å². The number of hydrogen-bond acceptors (Lipinski definition) is 3. The minimum atomic E-state index is -0.00341. The van der Waals surface area contributed by atoms with Gasteiger partial charge in [0.25, 0.3) is 0 Å². The van der Waals surface area contributed by atoms with Gasteiger partial charge in [-0.2, -0.15) is 5.10 Å². The van der Waals surface area contributed by atoms with Crippen LogP contribution in [0.5, 0.6) is 0 Å². The summed E-state index contributed by atoms with van der Waals surface area (Å²) in [4.78, 5) is 14.3. The average molecular weight is 311 g/mol. The Labute approximate surface area is 130 Å². The SMILES string of the molecule is Cc1nn(C)c(Cl)c1C=CC(=O)N1CCCC(C)C1CN. The zero-order valence-electron chi connectivity index (χ0n) is 12.8. The Morgan fingerprint density at radius 3 is 2.86 bits per heavy atom. The number of halogens is 1. The van der Waals surface area contributed by atoms with E-state index in [1.807, 2.05) is 11.8 Å². The second-order valence-corrected chi connectivity index (χ2v) is 6.06. The molecule has 0 spiro atoms. The van der Waals surface area contributed by atoms with Gasteiger partial charge >= 0.3 is 0 Å². The molecular weight excluding hydrogens is 288 g/mol. The molecule has 116 valence electrons. The van der Waals surface area contributed by atoms with Crippen LogP contribution in [0.1, 0.15) is 31.0 Å². The summed E-state index contributed by atoms with van der Waals surface area (Å²) in [7, 11) is 1.78. The molecule has 1 aliphatic heterocycles. The summed E-state index contributed by atoms with van der Waals surface area (Å²) in [5, 5.41) is 4.77. The smallest absolute Gasteiger partial charge is 0.246 e. The largest absolute Gasteiger partial charge is 0.335 e. The van der Waals surface area contributed by atoms with Crippen molar-refractivity contribution in [2.45, 2.75) is 32.7 Å². The fraction of sp³-hybridized carbons (Fsp3) is 0.600. The van der Waals surface area contributed by atoms with E-state index in [4.69, 9.17) is 17.3 Å². The highest BCUT2D eigenvalue weighted by Crippen LogP contribution is 2.24. The number of carbonyl (C=O) groups is 1. The van der Waals surface area contributed by atoms with Crippen molar-refractivity contribution in [3.63, 3.8) is 0 Å². The third-order valence-electron chi connectivity index (χ3n) is 4.23. The minimum Gasteiger partial charge on any atom is -0.335 e. The lowest BCUT2D eigenvalue weighted by molar-refractivity contribution is -0.130. The molecule has 1 amide bonds. The standard InChI is InChI=1S/C15H23ClN4O/c1-10-5-4-8-20(13(10)9-17)14(21)7-6-12-11(2)18-19(3)15(12)16/h6-7,10,13H,4-5,8-9,17H2,1-3H3. The molecule has 0 radical (unpaired) electrons. The van der Waals surface area contributed by atoms with Gasteiger partial charge in [-0.05, 0) is 31.8 Å². The van der Waals surface area contributed by atoms with Gasteiger partial charge in [0.1, 0.15) is 5.15 Å². The van der Waals surface area contributed by atoms with E-state index in [1.165, 1.54) is 0 Å². The molecule has 2 unspecified atom stereocenters. The van der Waals surface area contributed by atoms with Crippen LogP contribution in [0.25, 0.3) is 6.08 Å². The summed E-state index contributed by atoms with van der Waals surface area (Å²) >= 11 is 6.17. The van der Waals surface area contributed by atoms with Crippen molar-refractivity contribution in [1.82, 2.24) is 14.7 Å². The van der Waals surface area contributed by atoms with E-state index in [9.17, 15) is 4.79 Å². The summed E-state index contributed by atoms with van der Waals surface area (Å²) in [6, 6.07) is 0.126. The van der Waals surface area contributed by atoms with Gasteiger partial charge < -0.3 is 10.6 Å². The quantitative estimate of drug-likeness (QED) is 0.868. The van der Waals surface area contributed by atoms with Crippen molar-refractivity contribution in [3.05, 3.63) is 22.5 Å². The fourth-order valence-electron chi connectivity index (χ4n) is 2.97. The van der Waals surface area contributed by atoms with Crippen LogP contribution in [0.3, 0.4) is 0 Å². The maximum Gasteiger partial charge on any atom is 0.246 e. The van der Waals surface area contributed by atoms with E-state index >= 15 is 0 Å². The van der Waals surface area contributed by atoms with Crippen LogP contribution in [0.2, 0.25) is 5.15 Å². The predicted molar refractivity (Wildman–Crippen MR) is 84.9 cm³/mol. The summed E-state index contributed by atoms with van der Waals surface area (Å²) in [5.74, 6) is 0.445. The molecule has 5 nitrogen and oxygen atoms in total. The first-order valence-electron chi connectivity index (χ1n) is 7.33. The zero-order chi connectivity index (χ0) is 15.6.